The molecular formula is C18H18BrClN2O4S. The Kier molecular flexibility index (Phi) is 6.22. The molecule has 0 aliphatic carbocycles. The lowest BCUT2D eigenvalue weighted by Gasteiger charge is -2.26. The molecule has 1 saturated heterocycles. The minimum absolute atomic E-state index is 0.158. The van der Waals surface area contributed by atoms with E-state index in [4.69, 9.17) is 16.3 Å². The summed E-state index contributed by atoms with van der Waals surface area (Å²) in [7, 11) is -1.97. The number of nitrogens with zero attached hydrogens (tertiary/aromatic N) is 2. The van der Waals surface area contributed by atoms with Gasteiger partial charge >= 0.3 is 0 Å². The van der Waals surface area contributed by atoms with Crippen LogP contribution in [-0.2, 0) is 14.8 Å². The summed E-state index contributed by atoms with van der Waals surface area (Å²) in [5.41, 5.74) is 0.937. The molecular weight excluding hydrogens is 456 g/mol. The summed E-state index contributed by atoms with van der Waals surface area (Å²) in [6.45, 7) is 1.42. The molecule has 0 spiro atoms. The fourth-order valence-corrected chi connectivity index (χ4v) is 4.97. The van der Waals surface area contributed by atoms with E-state index >= 15 is 0 Å². The molecule has 0 radical (unpaired) electrons. The lowest BCUT2D eigenvalue weighted by atomic mass is 10.2. The van der Waals surface area contributed by atoms with Crippen molar-refractivity contribution in [3.8, 4) is 0 Å². The van der Waals surface area contributed by atoms with Gasteiger partial charge in [-0.1, -0.05) is 27.5 Å². The van der Waals surface area contributed by atoms with Gasteiger partial charge in [-0.05, 0) is 42.5 Å². The summed E-state index contributed by atoms with van der Waals surface area (Å²) in [4.78, 5) is 14.3. The van der Waals surface area contributed by atoms with Gasteiger partial charge in [-0.25, -0.2) is 8.42 Å². The molecule has 1 aliphatic heterocycles. The van der Waals surface area contributed by atoms with Gasteiger partial charge in [-0.2, -0.15) is 4.31 Å². The van der Waals surface area contributed by atoms with Crippen molar-refractivity contribution >= 4 is 49.1 Å². The zero-order chi connectivity index (χ0) is 19.6. The van der Waals surface area contributed by atoms with Crippen LogP contribution < -0.4 is 4.90 Å². The molecule has 27 heavy (non-hydrogen) atoms. The normalized spacial score (nSPS) is 15.5. The molecule has 144 valence electrons. The summed E-state index contributed by atoms with van der Waals surface area (Å²) in [5, 5.41) is 0.437. The van der Waals surface area contributed by atoms with Gasteiger partial charge in [0.15, 0.2) is 0 Å². The van der Waals surface area contributed by atoms with Crippen molar-refractivity contribution < 1.29 is 17.9 Å². The molecule has 1 amide bonds. The topological polar surface area (TPSA) is 66.9 Å². The van der Waals surface area contributed by atoms with Crippen molar-refractivity contribution in [2.45, 2.75) is 4.90 Å². The van der Waals surface area contributed by atoms with Crippen molar-refractivity contribution in [3.05, 3.63) is 57.5 Å². The molecule has 0 bridgehead atoms. The Morgan fingerprint density at radius 1 is 1.15 bits per heavy atom. The van der Waals surface area contributed by atoms with Crippen molar-refractivity contribution in [1.82, 2.24) is 4.31 Å². The second kappa shape index (κ2) is 8.28. The third-order valence-electron chi connectivity index (χ3n) is 4.28. The lowest BCUT2D eigenvalue weighted by molar-refractivity contribution is 0.0730. The Balaban J connectivity index is 1.81. The third kappa shape index (κ3) is 4.35. The summed E-state index contributed by atoms with van der Waals surface area (Å²) in [6.07, 6.45) is 0. The van der Waals surface area contributed by atoms with Gasteiger partial charge in [0.25, 0.3) is 5.91 Å². The monoisotopic (exact) mass is 472 g/mol. The van der Waals surface area contributed by atoms with E-state index in [1.54, 1.807) is 25.2 Å². The molecule has 0 N–H and O–H groups in total. The maximum absolute atomic E-state index is 12.7. The number of hydrogen-bond acceptors (Lipinski definition) is 4. The Bertz CT molecular complexity index is 944. The van der Waals surface area contributed by atoms with E-state index in [9.17, 15) is 13.2 Å². The number of benzene rings is 2. The molecule has 3 rings (SSSR count). The van der Waals surface area contributed by atoms with Crippen molar-refractivity contribution in [3.63, 3.8) is 0 Å². The number of sulfonamides is 1. The van der Waals surface area contributed by atoms with E-state index in [0.29, 0.717) is 42.6 Å². The zero-order valence-electron chi connectivity index (χ0n) is 14.6. The first kappa shape index (κ1) is 20.3. The number of carbonyl (C=O) groups excluding carboxylic acids is 1. The molecule has 1 aliphatic rings. The van der Waals surface area contributed by atoms with Crippen LogP contribution in [0.5, 0.6) is 0 Å². The first-order valence-corrected chi connectivity index (χ1v) is 10.8. The molecule has 9 heteroatoms. The highest BCUT2D eigenvalue weighted by Gasteiger charge is 2.26. The Morgan fingerprint density at radius 3 is 2.37 bits per heavy atom. The Labute approximate surface area is 171 Å². The van der Waals surface area contributed by atoms with Crippen LogP contribution in [0.3, 0.4) is 0 Å². The zero-order valence-corrected chi connectivity index (χ0v) is 17.7. The average Bonchev–Trinajstić information content (AvgIpc) is 2.68. The van der Waals surface area contributed by atoms with Crippen LogP contribution in [0.15, 0.2) is 51.8 Å². The predicted octanol–water partition coefficient (Wildman–Crippen LogP) is 3.40. The summed E-state index contributed by atoms with van der Waals surface area (Å²) in [6, 6.07) is 11.2. The average molecular weight is 474 g/mol. The van der Waals surface area contributed by atoms with Gasteiger partial charge in [-0.15, -0.1) is 0 Å². The van der Waals surface area contributed by atoms with Gasteiger partial charge in [0, 0.05) is 30.2 Å². The van der Waals surface area contributed by atoms with Crippen LogP contribution in [0.25, 0.3) is 0 Å². The first-order chi connectivity index (χ1) is 12.8. The van der Waals surface area contributed by atoms with Crippen LogP contribution in [0.2, 0.25) is 5.02 Å². The minimum Gasteiger partial charge on any atom is -0.379 e. The van der Waals surface area contributed by atoms with Crippen molar-refractivity contribution in [2.75, 3.05) is 38.3 Å². The molecule has 0 saturated carbocycles. The van der Waals surface area contributed by atoms with Crippen LogP contribution in [0.1, 0.15) is 10.4 Å². The van der Waals surface area contributed by atoms with E-state index in [1.807, 2.05) is 0 Å². The maximum atomic E-state index is 12.7. The number of hydrogen-bond donors (Lipinski definition) is 0. The van der Waals surface area contributed by atoms with E-state index < -0.39 is 10.0 Å². The summed E-state index contributed by atoms with van der Waals surface area (Å²) in [5.74, 6) is -0.283. The molecule has 6 nitrogen and oxygen atoms in total. The largest absolute Gasteiger partial charge is 0.379 e. The molecule has 1 fully saturated rings. The first-order valence-electron chi connectivity index (χ1n) is 8.22. The van der Waals surface area contributed by atoms with Crippen molar-refractivity contribution in [1.29, 1.82) is 0 Å². The van der Waals surface area contributed by atoms with Crippen molar-refractivity contribution in [2.24, 2.45) is 0 Å². The molecule has 0 aromatic heterocycles. The van der Waals surface area contributed by atoms with E-state index in [0.717, 1.165) is 4.47 Å². The van der Waals surface area contributed by atoms with E-state index in [1.165, 1.54) is 33.5 Å². The third-order valence-corrected chi connectivity index (χ3v) is 6.99. The minimum atomic E-state index is -3.59. The van der Waals surface area contributed by atoms with Crippen LogP contribution in [-0.4, -0.2) is 52.0 Å². The number of morpholine rings is 1. The molecule has 1 heterocycles. The van der Waals surface area contributed by atoms with Crippen LogP contribution >= 0.6 is 27.5 Å². The quantitative estimate of drug-likeness (QED) is 0.683. The maximum Gasteiger partial charge on any atom is 0.258 e. The van der Waals surface area contributed by atoms with E-state index in [2.05, 4.69) is 15.9 Å². The molecule has 2 aromatic rings. The molecule has 0 atom stereocenters. The highest BCUT2D eigenvalue weighted by atomic mass is 79.9. The fraction of sp³-hybridized carbons (Fsp3) is 0.278. The number of carbonyl (C=O) groups is 1. The van der Waals surface area contributed by atoms with E-state index in [-0.39, 0.29) is 10.8 Å². The van der Waals surface area contributed by atoms with Crippen LogP contribution in [0.4, 0.5) is 5.69 Å². The summed E-state index contributed by atoms with van der Waals surface area (Å²) >= 11 is 9.54. The number of amides is 1. The standard InChI is InChI=1S/C18H18BrClN2O4S/c1-21(17-7-4-14(19)12-16(17)20)18(23)13-2-5-15(6-3-13)27(24,25)22-8-10-26-11-9-22/h2-7,12H,8-11H2,1H3. The van der Waals surface area contributed by atoms with Gasteiger partial charge in [0.05, 0.1) is 28.8 Å². The molecule has 2 aromatic carbocycles. The molecule has 0 unspecified atom stereocenters. The predicted molar refractivity (Wildman–Crippen MR) is 108 cm³/mol. The SMILES string of the molecule is CN(C(=O)c1ccc(S(=O)(=O)N2CCOCC2)cc1)c1ccc(Br)cc1Cl. The highest BCUT2D eigenvalue weighted by Crippen LogP contribution is 2.29. The Hall–Kier alpha value is -1.45. The fourth-order valence-electron chi connectivity index (χ4n) is 2.76. The summed E-state index contributed by atoms with van der Waals surface area (Å²) < 4.78 is 32.7. The van der Waals surface area contributed by atoms with Gasteiger partial charge in [0.2, 0.25) is 10.0 Å². The number of halogens is 2. The highest BCUT2D eigenvalue weighted by molar-refractivity contribution is 9.10. The second-order valence-electron chi connectivity index (χ2n) is 6.00. The number of anilines is 1. The number of ether oxygens (including phenoxy) is 1. The lowest BCUT2D eigenvalue weighted by Crippen LogP contribution is -2.40. The van der Waals surface area contributed by atoms with Gasteiger partial charge in [0.1, 0.15) is 0 Å². The number of rotatable bonds is 4. The van der Waals surface area contributed by atoms with Crippen LogP contribution in [0, 0.1) is 0 Å². The Morgan fingerprint density at radius 2 is 1.78 bits per heavy atom. The van der Waals surface area contributed by atoms with Gasteiger partial charge < -0.3 is 9.64 Å². The smallest absolute Gasteiger partial charge is 0.258 e. The second-order valence-corrected chi connectivity index (χ2v) is 9.26. The van der Waals surface area contributed by atoms with Gasteiger partial charge in [-0.3, -0.25) is 4.79 Å².